The second-order valence-corrected chi connectivity index (χ2v) is 21.2. The van der Waals surface area contributed by atoms with Gasteiger partial charge >= 0.3 is 12.7 Å². The van der Waals surface area contributed by atoms with Crippen molar-refractivity contribution < 1.29 is 62.2 Å². The second kappa shape index (κ2) is 42.2. The Morgan fingerprint density at radius 2 is 0.761 bits per heavy atom. The Hall–Kier alpha value is -8.89. The van der Waals surface area contributed by atoms with Gasteiger partial charge in [0.05, 0.1) is 0 Å². The van der Waals surface area contributed by atoms with Gasteiger partial charge in [0.1, 0.15) is 23.1 Å². The molecule has 0 N–H and O–H groups in total. The van der Waals surface area contributed by atoms with Crippen LogP contribution in [-0.4, -0.2) is 22.7 Å². The van der Waals surface area contributed by atoms with Gasteiger partial charge in [-0.15, -0.1) is 26.3 Å². The monoisotopic (exact) mass is 1300 g/mol. The normalized spacial score (nSPS) is 10.1. The lowest BCUT2D eigenvalue weighted by Gasteiger charge is -2.09. The molecule has 0 radical (unpaired) electrons. The minimum absolute atomic E-state index is 0.0723. The van der Waals surface area contributed by atoms with Gasteiger partial charge in [0.15, 0.2) is 11.6 Å². The zero-order valence-corrected chi connectivity index (χ0v) is 54.7. The Labute approximate surface area is 539 Å². The number of ether oxygens (including phenoxy) is 2. The number of rotatable bonds is 3. The van der Waals surface area contributed by atoms with Crippen LogP contribution in [0.5, 0.6) is 11.5 Å². The van der Waals surface area contributed by atoms with Gasteiger partial charge in [-0.2, -0.15) is 0 Å². The van der Waals surface area contributed by atoms with Crippen LogP contribution in [0.25, 0.3) is 0 Å². The molecule has 10 rings (SSSR count). The summed E-state index contributed by atoms with van der Waals surface area (Å²) in [7, 11) is 0. The topological polar surface area (TPSA) is 44.2 Å². The molecule has 0 saturated heterocycles. The molecule has 8 aromatic carbocycles. The van der Waals surface area contributed by atoms with Crippen molar-refractivity contribution in [3.8, 4) is 11.5 Å². The summed E-state index contributed by atoms with van der Waals surface area (Å²) in [5.74, 6) is -5.52. The van der Waals surface area contributed by atoms with Crippen molar-refractivity contribution in [2.45, 2.75) is 116 Å². The van der Waals surface area contributed by atoms with Gasteiger partial charge in [0, 0.05) is 41.8 Å². The molecule has 0 aliphatic heterocycles. The van der Waals surface area contributed by atoms with Crippen LogP contribution in [0.3, 0.4) is 0 Å². The maximum Gasteiger partial charge on any atom is 0.573 e. The average molecular weight is 1300 g/mol. The summed E-state index contributed by atoms with van der Waals surface area (Å²) in [6, 6.07) is 58.7. The van der Waals surface area contributed by atoms with Crippen LogP contribution in [0.4, 0.5) is 52.7 Å². The molecular weight excluding hydrogens is 1220 g/mol. The third-order valence-corrected chi connectivity index (χ3v) is 12.1. The largest absolute Gasteiger partial charge is 0.573 e. The number of halogens is 13. The molecule has 0 fully saturated rings. The maximum atomic E-state index is 12.6. The number of pyridine rings is 2. The van der Waals surface area contributed by atoms with E-state index in [9.17, 15) is 52.7 Å². The van der Waals surface area contributed by atoms with E-state index in [1.807, 2.05) is 108 Å². The summed E-state index contributed by atoms with van der Waals surface area (Å²) in [4.78, 5) is 7.86. The molecule has 0 aliphatic rings. The van der Waals surface area contributed by atoms with E-state index in [1.54, 1.807) is 50.5 Å². The first-order valence-corrected chi connectivity index (χ1v) is 28.8. The fourth-order valence-corrected chi connectivity index (χ4v) is 6.86. The van der Waals surface area contributed by atoms with Gasteiger partial charge in [-0.05, 0) is 190 Å². The fourth-order valence-electron chi connectivity index (χ4n) is 6.74. The molecule has 2 heterocycles. The number of hydrogen-bond acceptors (Lipinski definition) is 4. The number of aryl methyl sites for hydroxylation is 13. The summed E-state index contributed by atoms with van der Waals surface area (Å²) in [6.45, 7) is 25.4. The molecule has 0 amide bonds. The minimum atomic E-state index is -4.73. The smallest absolute Gasteiger partial charge is 0.406 e. The predicted octanol–water partition coefficient (Wildman–Crippen LogP) is 23.8. The van der Waals surface area contributed by atoms with Crippen molar-refractivity contribution in [2.24, 2.45) is 0 Å². The molecule has 0 atom stereocenters. The van der Waals surface area contributed by atoms with Crippen molar-refractivity contribution in [1.82, 2.24) is 9.97 Å². The highest BCUT2D eigenvalue weighted by Crippen LogP contribution is 2.27. The first kappa shape index (κ1) is 81.1. The highest BCUT2D eigenvalue weighted by molar-refractivity contribution is 6.31. The first-order chi connectivity index (χ1) is 42.9. The van der Waals surface area contributed by atoms with E-state index in [0.29, 0.717) is 5.56 Å². The summed E-state index contributed by atoms with van der Waals surface area (Å²) >= 11 is 5.78. The number of benzene rings is 8. The molecule has 0 saturated carbocycles. The number of nitrogens with zero attached hydrogens (tertiary/aromatic N) is 2. The van der Waals surface area contributed by atoms with Gasteiger partial charge in [0.25, 0.3) is 5.92 Å². The second-order valence-electron chi connectivity index (χ2n) is 20.8. The minimum Gasteiger partial charge on any atom is -0.406 e. The Balaban J connectivity index is 0.000000514. The number of alkyl halides is 8. The van der Waals surface area contributed by atoms with E-state index in [-0.39, 0.29) is 22.7 Å². The molecule has 92 heavy (non-hydrogen) atoms. The van der Waals surface area contributed by atoms with E-state index in [2.05, 4.69) is 89.6 Å². The third kappa shape index (κ3) is 40.0. The summed E-state index contributed by atoms with van der Waals surface area (Å²) in [5.41, 5.74) is 12.8. The number of hydrogen-bond donors (Lipinski definition) is 0. The molecule has 17 heteroatoms. The van der Waals surface area contributed by atoms with Crippen LogP contribution >= 0.6 is 11.6 Å². The Morgan fingerprint density at radius 3 is 1.11 bits per heavy atom. The Kier molecular flexibility index (Phi) is 37.2. The first-order valence-electron chi connectivity index (χ1n) is 28.4. The van der Waals surface area contributed by atoms with Crippen molar-refractivity contribution in [1.29, 1.82) is 0 Å². The van der Waals surface area contributed by atoms with Crippen molar-refractivity contribution in [3.05, 3.63) is 331 Å². The highest BCUT2D eigenvalue weighted by Gasteiger charge is 2.32. The average Bonchev–Trinajstić information content (AvgIpc) is 2.20. The quantitative estimate of drug-likeness (QED) is 0.165. The van der Waals surface area contributed by atoms with Crippen LogP contribution < -0.4 is 9.47 Å². The van der Waals surface area contributed by atoms with Crippen molar-refractivity contribution in [2.75, 3.05) is 0 Å². The number of aromatic nitrogens is 2. The summed E-state index contributed by atoms with van der Waals surface area (Å²) < 4.78 is 152. The van der Waals surface area contributed by atoms with Crippen molar-refractivity contribution in [3.63, 3.8) is 0 Å². The molecule has 0 unspecified atom stereocenters. The van der Waals surface area contributed by atoms with Crippen molar-refractivity contribution >= 4 is 11.6 Å². The maximum absolute atomic E-state index is 12.6. The molecular formula is C75H79ClF12N2O2. The lowest BCUT2D eigenvalue weighted by atomic mass is 10.1. The highest BCUT2D eigenvalue weighted by atomic mass is 35.5. The molecule has 10 aromatic rings. The third-order valence-electron chi connectivity index (χ3n) is 11.7. The van der Waals surface area contributed by atoms with Crippen LogP contribution in [0.2, 0.25) is 5.02 Å². The molecule has 2 aromatic heterocycles. The zero-order chi connectivity index (χ0) is 69.6. The van der Waals surface area contributed by atoms with Gasteiger partial charge < -0.3 is 9.47 Å². The van der Waals surface area contributed by atoms with Gasteiger partial charge in [0.2, 0.25) is 0 Å². The predicted molar refractivity (Wildman–Crippen MR) is 349 cm³/mol. The van der Waals surface area contributed by atoms with Crippen LogP contribution in [0.15, 0.2) is 225 Å². The molecule has 0 aliphatic carbocycles. The lowest BCUT2D eigenvalue weighted by molar-refractivity contribution is -0.275. The molecule has 492 valence electrons. The van der Waals surface area contributed by atoms with Crippen LogP contribution in [-0.2, 0) is 5.92 Å². The zero-order valence-electron chi connectivity index (χ0n) is 54.0. The van der Waals surface area contributed by atoms with Crippen LogP contribution in [0.1, 0.15) is 84.9 Å². The molecule has 4 nitrogen and oxygen atoms in total. The van der Waals surface area contributed by atoms with E-state index in [4.69, 9.17) is 11.6 Å². The van der Waals surface area contributed by atoms with E-state index in [0.717, 1.165) is 69.7 Å². The lowest BCUT2D eigenvalue weighted by Crippen LogP contribution is -2.17. The van der Waals surface area contributed by atoms with E-state index >= 15 is 0 Å². The fraction of sp³-hybridized carbons (Fsp3) is 0.227. The summed E-state index contributed by atoms with van der Waals surface area (Å²) in [6.07, 6.45) is -3.94. The standard InChI is InChI=1S/C9H10F2.C8H9Cl.C8H6F4O.C8H7F3O.C8H9F.C8H10.C7H6F2.C7H8.2C6H7N/c1-7-3-5-8(6-4-7)9(2,10)11;1-6-3-4-8(9)7(2)5-6;1-5-4-6(2-3-7(5)9)13-8(10,11)12;1-6-3-2-4-7(5-6)12-8(9,10)11;1-6-3-4-8(9)7(2)5-6;1-7-3-5-8(2)6-4-7;1-5-3-2-4-6(8)7(5)9;1-7-5-3-2-4-6-7;1-6-3-2-4-7-5-6;1-6-4-2-3-5-7-6/h3-6H,1-2H3;3-5H,1-2H3;2-4H,1H3;2-5H,1H3;3-5H,1-2H3;3-6H,1-2H3;2-4H,1H3;2-6H,1H3;2*2-5H,1H3. The van der Waals surface area contributed by atoms with Gasteiger partial charge in [-0.25, -0.2) is 26.3 Å². The molecule has 0 bridgehead atoms. The van der Waals surface area contributed by atoms with E-state index < -0.39 is 41.8 Å². The van der Waals surface area contributed by atoms with Gasteiger partial charge in [-0.1, -0.05) is 185 Å². The van der Waals surface area contributed by atoms with Crippen LogP contribution in [0, 0.1) is 113 Å². The van der Waals surface area contributed by atoms with E-state index in [1.165, 1.54) is 90.2 Å². The van der Waals surface area contributed by atoms with Gasteiger partial charge in [-0.3, -0.25) is 9.97 Å². The summed E-state index contributed by atoms with van der Waals surface area (Å²) in [5, 5.41) is 0.848. The Morgan fingerprint density at radius 1 is 0.337 bits per heavy atom. The Bertz CT molecular complexity index is 3440. The SMILES string of the molecule is Cc1cc(OC(F)(F)F)ccc1F.Cc1ccc(C(C)(F)F)cc1.Cc1ccc(C)cc1.Cc1ccc(Cl)c(C)c1.Cc1ccc(F)c(C)c1.Cc1cccc(F)c1F.Cc1cccc(OC(F)(F)F)c1.Cc1ccccc1.Cc1ccccn1.Cc1cccnc1. The molecule has 0 spiro atoms.